The van der Waals surface area contributed by atoms with Gasteiger partial charge in [-0.25, -0.2) is 0 Å². The summed E-state index contributed by atoms with van der Waals surface area (Å²) in [7, 11) is 0. The van der Waals surface area contributed by atoms with E-state index in [0.717, 1.165) is 31.9 Å². The highest BCUT2D eigenvalue weighted by Crippen LogP contribution is 2.16. The number of amides is 3. The fraction of sp³-hybridized carbons (Fsp3) is 0.438. The molecule has 7 nitrogen and oxygen atoms in total. The van der Waals surface area contributed by atoms with Crippen molar-refractivity contribution in [2.75, 3.05) is 31.1 Å². The Kier molecular flexibility index (Phi) is 4.57. The molecule has 2 aliphatic rings. The van der Waals surface area contributed by atoms with Crippen molar-refractivity contribution >= 4 is 23.4 Å². The summed E-state index contributed by atoms with van der Waals surface area (Å²) >= 11 is 0. The lowest BCUT2D eigenvalue weighted by Crippen LogP contribution is -2.52. The summed E-state index contributed by atoms with van der Waals surface area (Å²) in [5.41, 5.74) is 1.60. The zero-order valence-corrected chi connectivity index (χ0v) is 12.8. The molecule has 1 atom stereocenters. The number of nitrogens with one attached hydrogen (secondary N) is 3. The molecule has 0 saturated carbocycles. The summed E-state index contributed by atoms with van der Waals surface area (Å²) in [5.74, 6) is -1.03. The molecule has 0 bridgehead atoms. The van der Waals surface area contributed by atoms with Crippen LogP contribution in [0.3, 0.4) is 0 Å². The topological polar surface area (TPSA) is 90.5 Å². The van der Waals surface area contributed by atoms with Gasteiger partial charge in [-0.1, -0.05) is 0 Å². The third-order valence-corrected chi connectivity index (χ3v) is 4.16. The lowest BCUT2D eigenvalue weighted by molar-refractivity contribution is -0.134. The number of rotatable bonds is 3. The van der Waals surface area contributed by atoms with Gasteiger partial charge < -0.3 is 15.5 Å². The van der Waals surface area contributed by atoms with E-state index in [1.54, 1.807) is 12.1 Å². The molecule has 0 aliphatic carbocycles. The maximum atomic E-state index is 12.2. The van der Waals surface area contributed by atoms with Gasteiger partial charge in [-0.05, 0) is 30.7 Å². The zero-order valence-electron chi connectivity index (χ0n) is 12.8. The summed E-state index contributed by atoms with van der Waals surface area (Å²) < 4.78 is 0. The number of hydrogen-bond donors (Lipinski definition) is 3. The van der Waals surface area contributed by atoms with E-state index in [1.165, 1.54) is 0 Å². The molecule has 0 spiro atoms. The van der Waals surface area contributed by atoms with Crippen LogP contribution in [-0.4, -0.2) is 49.9 Å². The van der Waals surface area contributed by atoms with E-state index >= 15 is 0 Å². The van der Waals surface area contributed by atoms with Gasteiger partial charge in [-0.2, -0.15) is 0 Å². The van der Waals surface area contributed by atoms with Gasteiger partial charge in [0.2, 0.25) is 11.8 Å². The van der Waals surface area contributed by atoms with Crippen LogP contribution in [0, 0.1) is 0 Å². The van der Waals surface area contributed by atoms with Crippen LogP contribution in [-0.2, 0) is 9.59 Å². The summed E-state index contributed by atoms with van der Waals surface area (Å²) in [4.78, 5) is 37.3. The maximum Gasteiger partial charge on any atom is 0.251 e. The van der Waals surface area contributed by atoms with E-state index in [2.05, 4.69) is 20.9 Å². The summed E-state index contributed by atoms with van der Waals surface area (Å²) in [6.45, 7) is 3.80. The number of piperazine rings is 1. The molecule has 1 aromatic carbocycles. The highest BCUT2D eigenvalue weighted by atomic mass is 16.2. The van der Waals surface area contributed by atoms with Crippen LogP contribution in [0.2, 0.25) is 0 Å². The van der Waals surface area contributed by atoms with Crippen molar-refractivity contribution in [3.8, 4) is 0 Å². The minimum absolute atomic E-state index is 0.249. The predicted molar refractivity (Wildman–Crippen MR) is 85.2 cm³/mol. The second-order valence-electron chi connectivity index (χ2n) is 5.76. The molecule has 3 N–H and O–H groups in total. The Labute approximate surface area is 134 Å². The first-order chi connectivity index (χ1) is 11.1. The molecule has 2 fully saturated rings. The van der Waals surface area contributed by atoms with Crippen LogP contribution in [0.4, 0.5) is 5.69 Å². The molecule has 122 valence electrons. The number of piperidine rings is 1. The van der Waals surface area contributed by atoms with E-state index < -0.39 is 11.9 Å². The van der Waals surface area contributed by atoms with Crippen LogP contribution in [0.5, 0.6) is 0 Å². The van der Waals surface area contributed by atoms with Gasteiger partial charge in [0, 0.05) is 43.9 Å². The minimum atomic E-state index is -0.645. The lowest BCUT2D eigenvalue weighted by Gasteiger charge is -2.29. The van der Waals surface area contributed by atoms with Crippen LogP contribution < -0.4 is 20.9 Å². The Morgan fingerprint density at radius 2 is 1.83 bits per heavy atom. The van der Waals surface area contributed by atoms with Gasteiger partial charge in [-0.3, -0.25) is 19.7 Å². The number of nitrogens with zero attached hydrogens (tertiary/aromatic N) is 1. The number of anilines is 1. The van der Waals surface area contributed by atoms with Gasteiger partial charge in [-0.15, -0.1) is 0 Å². The predicted octanol–water partition coefficient (Wildman–Crippen LogP) is -0.369. The number of carbonyl (C=O) groups excluding carboxylic acids is 3. The van der Waals surface area contributed by atoms with E-state index in [0.29, 0.717) is 12.0 Å². The van der Waals surface area contributed by atoms with Gasteiger partial charge in [0.15, 0.2) is 0 Å². The molecule has 2 aliphatic heterocycles. The molecule has 2 heterocycles. The number of carbonyl (C=O) groups is 3. The van der Waals surface area contributed by atoms with Gasteiger partial charge in [0.1, 0.15) is 6.04 Å². The minimum Gasteiger partial charge on any atom is -0.369 e. The second-order valence-corrected chi connectivity index (χ2v) is 5.76. The molecule has 2 saturated heterocycles. The van der Waals surface area contributed by atoms with Gasteiger partial charge >= 0.3 is 0 Å². The second kappa shape index (κ2) is 6.78. The van der Waals surface area contributed by atoms with Crippen molar-refractivity contribution in [2.45, 2.75) is 18.9 Å². The Balaban J connectivity index is 1.61. The number of hydrogen-bond acceptors (Lipinski definition) is 5. The van der Waals surface area contributed by atoms with E-state index in [9.17, 15) is 14.4 Å². The Morgan fingerprint density at radius 3 is 2.48 bits per heavy atom. The third-order valence-electron chi connectivity index (χ3n) is 4.16. The van der Waals surface area contributed by atoms with E-state index in [4.69, 9.17) is 0 Å². The molecular weight excluding hydrogens is 296 g/mol. The smallest absolute Gasteiger partial charge is 0.251 e. The molecule has 0 unspecified atom stereocenters. The van der Waals surface area contributed by atoms with Crippen LogP contribution in [0.25, 0.3) is 0 Å². The first kappa shape index (κ1) is 15.5. The number of benzene rings is 1. The molecule has 1 aromatic rings. The highest BCUT2D eigenvalue weighted by molar-refractivity contribution is 6.03. The number of imide groups is 1. The quantitative estimate of drug-likeness (QED) is 0.662. The average Bonchev–Trinajstić information content (AvgIpc) is 2.58. The normalized spacial score (nSPS) is 21.7. The standard InChI is InChI=1S/C16H20N4O3/c21-14-6-5-13(16(23)19-14)18-15(22)11-1-3-12(4-2-11)20-9-7-17-8-10-20/h1-4,13,17H,5-10H2,(H,18,22)(H,19,21,23)/t13-/m0/s1. The monoisotopic (exact) mass is 316 g/mol. The summed E-state index contributed by atoms with van der Waals surface area (Å²) in [6.07, 6.45) is 0.591. The molecule has 0 radical (unpaired) electrons. The highest BCUT2D eigenvalue weighted by Gasteiger charge is 2.28. The first-order valence-corrected chi connectivity index (χ1v) is 7.84. The molecule has 23 heavy (non-hydrogen) atoms. The molecular formula is C16H20N4O3. The van der Waals surface area contributed by atoms with Crippen molar-refractivity contribution in [2.24, 2.45) is 0 Å². The molecule has 3 rings (SSSR count). The van der Waals surface area contributed by atoms with E-state index in [1.807, 2.05) is 12.1 Å². The zero-order chi connectivity index (χ0) is 16.2. The first-order valence-electron chi connectivity index (χ1n) is 7.84. The summed E-state index contributed by atoms with van der Waals surface area (Å²) in [6, 6.07) is 6.72. The van der Waals surface area contributed by atoms with Gasteiger partial charge in [0.05, 0.1) is 0 Å². The van der Waals surface area contributed by atoms with Crippen molar-refractivity contribution in [1.29, 1.82) is 0 Å². The largest absolute Gasteiger partial charge is 0.369 e. The third kappa shape index (κ3) is 3.68. The SMILES string of the molecule is O=C1CC[C@H](NC(=O)c2ccc(N3CCNCC3)cc2)C(=O)N1. The molecule has 3 amide bonds. The van der Waals surface area contributed by atoms with Crippen molar-refractivity contribution < 1.29 is 14.4 Å². The van der Waals surface area contributed by atoms with Crippen LogP contribution in [0.1, 0.15) is 23.2 Å². The fourth-order valence-electron chi connectivity index (χ4n) is 2.82. The van der Waals surface area contributed by atoms with Crippen LogP contribution >= 0.6 is 0 Å². The van der Waals surface area contributed by atoms with Crippen molar-refractivity contribution in [1.82, 2.24) is 16.0 Å². The maximum absolute atomic E-state index is 12.2. The Morgan fingerprint density at radius 1 is 1.13 bits per heavy atom. The van der Waals surface area contributed by atoms with Gasteiger partial charge in [0.25, 0.3) is 5.91 Å². The summed E-state index contributed by atoms with van der Waals surface area (Å²) in [5, 5.41) is 8.21. The van der Waals surface area contributed by atoms with Crippen molar-refractivity contribution in [3.05, 3.63) is 29.8 Å². The van der Waals surface area contributed by atoms with E-state index in [-0.39, 0.29) is 18.2 Å². The van der Waals surface area contributed by atoms with Crippen LogP contribution in [0.15, 0.2) is 24.3 Å². The molecule has 0 aromatic heterocycles. The Hall–Kier alpha value is -2.41. The van der Waals surface area contributed by atoms with Crippen molar-refractivity contribution in [3.63, 3.8) is 0 Å². The Bertz CT molecular complexity index is 608. The lowest BCUT2D eigenvalue weighted by atomic mass is 10.1. The fourth-order valence-corrected chi connectivity index (χ4v) is 2.82. The molecule has 7 heteroatoms. The average molecular weight is 316 g/mol.